The van der Waals surface area contributed by atoms with E-state index in [1.54, 1.807) is 0 Å². The molecule has 4 unspecified atom stereocenters. The number of carbonyl (C=O) groups excluding carboxylic acids is 2. The van der Waals surface area contributed by atoms with Crippen LogP contribution in [-0.2, 0) is 11.2 Å². The Balaban J connectivity index is 1.42. The van der Waals surface area contributed by atoms with Crippen molar-refractivity contribution in [2.24, 2.45) is 11.8 Å². The molecule has 0 saturated carbocycles. The van der Waals surface area contributed by atoms with Crippen LogP contribution in [0, 0.1) is 11.8 Å². The van der Waals surface area contributed by atoms with Gasteiger partial charge in [0.25, 0.3) is 5.91 Å². The highest BCUT2D eigenvalue weighted by molar-refractivity contribution is 5.97. The summed E-state index contributed by atoms with van der Waals surface area (Å²) in [7, 11) is 0. The number of piperidine rings is 1. The number of nitrogens with zero attached hydrogens (tertiary/aromatic N) is 2. The van der Waals surface area contributed by atoms with Crippen LogP contribution in [0.25, 0.3) is 11.1 Å². The molecule has 2 saturated heterocycles. The highest BCUT2D eigenvalue weighted by Crippen LogP contribution is 2.45. The molecule has 0 aliphatic carbocycles. The van der Waals surface area contributed by atoms with E-state index in [1.807, 2.05) is 45.2 Å². The molecule has 8 heteroatoms. The van der Waals surface area contributed by atoms with Gasteiger partial charge in [0.15, 0.2) is 0 Å². The number of fused-ring (bicyclic) bond motifs is 1. The number of benzene rings is 1. The summed E-state index contributed by atoms with van der Waals surface area (Å²) in [5.74, 6) is 1.51. The highest BCUT2D eigenvalue weighted by atomic mass is 16.5. The van der Waals surface area contributed by atoms with Gasteiger partial charge in [-0.3, -0.25) is 9.59 Å². The minimum absolute atomic E-state index is 0.00691. The van der Waals surface area contributed by atoms with E-state index >= 15 is 0 Å². The van der Waals surface area contributed by atoms with Crippen LogP contribution in [0.3, 0.4) is 0 Å². The molecule has 38 heavy (non-hydrogen) atoms. The standard InChI is InChI=1S/C30H39N5O3/c1-18(2)30(5)15-23-13-22(28(36)33-17-25-19(3)12-20(4)34-29(25)37)14-24(27(23)38-30)21-6-7-26(32-16-21)35-10-8-31-9-11-35/h6-7,13-14,16,19-20,25,31H,1,8-12,15,17H2,2-5H3,(H,33,36)(H,34,37). The van der Waals surface area contributed by atoms with Crippen molar-refractivity contribution in [1.82, 2.24) is 20.9 Å². The molecule has 2 fully saturated rings. The lowest BCUT2D eigenvalue weighted by molar-refractivity contribution is -0.129. The van der Waals surface area contributed by atoms with Gasteiger partial charge in [-0.25, -0.2) is 4.98 Å². The van der Waals surface area contributed by atoms with Crippen LogP contribution in [0.2, 0.25) is 0 Å². The second kappa shape index (κ2) is 10.4. The molecule has 2 amide bonds. The van der Waals surface area contributed by atoms with Crippen LogP contribution in [-0.4, -0.2) is 61.2 Å². The van der Waals surface area contributed by atoms with E-state index in [-0.39, 0.29) is 29.7 Å². The predicted octanol–water partition coefficient (Wildman–Crippen LogP) is 3.32. The zero-order valence-corrected chi connectivity index (χ0v) is 22.9. The van der Waals surface area contributed by atoms with Gasteiger partial charge in [0.05, 0.1) is 5.92 Å². The summed E-state index contributed by atoms with van der Waals surface area (Å²) in [6.07, 6.45) is 3.41. The fourth-order valence-electron chi connectivity index (χ4n) is 5.76. The molecular weight excluding hydrogens is 478 g/mol. The maximum atomic E-state index is 13.4. The molecule has 8 nitrogen and oxygen atoms in total. The third-order valence-corrected chi connectivity index (χ3v) is 8.31. The number of rotatable bonds is 6. The Kier molecular flexibility index (Phi) is 7.18. The van der Waals surface area contributed by atoms with Gasteiger partial charge in [0.1, 0.15) is 17.2 Å². The minimum atomic E-state index is -0.535. The Morgan fingerprint density at radius 3 is 2.68 bits per heavy atom. The van der Waals surface area contributed by atoms with Crippen LogP contribution in [0.5, 0.6) is 5.75 Å². The monoisotopic (exact) mass is 517 g/mol. The lowest BCUT2D eigenvalue weighted by atomic mass is 9.84. The fourth-order valence-corrected chi connectivity index (χ4v) is 5.76. The first-order valence-corrected chi connectivity index (χ1v) is 13.7. The Bertz CT molecular complexity index is 1240. The van der Waals surface area contributed by atoms with Gasteiger partial charge in [-0.05, 0) is 68.5 Å². The first-order chi connectivity index (χ1) is 18.1. The number of anilines is 1. The summed E-state index contributed by atoms with van der Waals surface area (Å²) >= 11 is 0. The van der Waals surface area contributed by atoms with Gasteiger partial charge in [0.2, 0.25) is 5.91 Å². The number of hydrogen-bond donors (Lipinski definition) is 3. The van der Waals surface area contributed by atoms with Crippen LogP contribution in [0.15, 0.2) is 42.6 Å². The quantitative estimate of drug-likeness (QED) is 0.509. The van der Waals surface area contributed by atoms with Crippen molar-refractivity contribution in [3.8, 4) is 16.9 Å². The van der Waals surface area contributed by atoms with Crippen molar-refractivity contribution in [3.63, 3.8) is 0 Å². The Labute approximate surface area is 225 Å². The van der Waals surface area contributed by atoms with Gasteiger partial charge < -0.3 is 25.6 Å². The molecular formula is C30H39N5O3. The van der Waals surface area contributed by atoms with Crippen LogP contribution < -0.4 is 25.6 Å². The van der Waals surface area contributed by atoms with Crippen LogP contribution in [0.1, 0.15) is 50.0 Å². The molecule has 3 N–H and O–H groups in total. The molecule has 1 aromatic carbocycles. The van der Waals surface area contributed by atoms with Gasteiger partial charge in [-0.2, -0.15) is 0 Å². The first kappa shape index (κ1) is 26.2. The molecule has 1 aromatic heterocycles. The minimum Gasteiger partial charge on any atom is -0.482 e. The Hall–Kier alpha value is -3.39. The second-order valence-corrected chi connectivity index (χ2v) is 11.4. The molecule has 3 aliphatic heterocycles. The summed E-state index contributed by atoms with van der Waals surface area (Å²) in [4.78, 5) is 32.9. The van der Waals surface area contributed by atoms with E-state index in [0.29, 0.717) is 18.5 Å². The molecule has 4 heterocycles. The third kappa shape index (κ3) is 5.14. The van der Waals surface area contributed by atoms with E-state index in [9.17, 15) is 9.59 Å². The SMILES string of the molecule is C=C(C)C1(C)Cc2cc(C(=O)NCC3C(=O)NC(C)CC3C)cc(-c3ccc(N4CCNCC4)nc3)c2O1. The zero-order chi connectivity index (χ0) is 27.0. The van der Waals surface area contributed by atoms with Crippen molar-refractivity contribution in [3.05, 3.63) is 53.7 Å². The van der Waals surface area contributed by atoms with Crippen molar-refractivity contribution in [2.75, 3.05) is 37.6 Å². The predicted molar refractivity (Wildman–Crippen MR) is 150 cm³/mol. The van der Waals surface area contributed by atoms with E-state index in [4.69, 9.17) is 9.72 Å². The smallest absolute Gasteiger partial charge is 0.251 e. The van der Waals surface area contributed by atoms with E-state index in [1.165, 1.54) is 0 Å². The summed E-state index contributed by atoms with van der Waals surface area (Å²) < 4.78 is 6.49. The molecule has 3 aliphatic rings. The molecule has 202 valence electrons. The van der Waals surface area contributed by atoms with Crippen molar-refractivity contribution in [1.29, 1.82) is 0 Å². The van der Waals surface area contributed by atoms with Crippen molar-refractivity contribution in [2.45, 2.75) is 52.2 Å². The number of pyridine rings is 1. The van der Waals surface area contributed by atoms with Gasteiger partial charge >= 0.3 is 0 Å². The number of aromatic nitrogens is 1. The normalized spacial score (nSPS) is 26.8. The zero-order valence-electron chi connectivity index (χ0n) is 22.9. The maximum absolute atomic E-state index is 13.4. The average molecular weight is 518 g/mol. The van der Waals surface area contributed by atoms with Crippen LogP contribution >= 0.6 is 0 Å². The average Bonchev–Trinajstić information content (AvgIpc) is 3.25. The lowest BCUT2D eigenvalue weighted by Gasteiger charge is -2.32. The molecule has 0 spiro atoms. The molecule has 0 radical (unpaired) electrons. The largest absolute Gasteiger partial charge is 0.482 e. The number of carbonyl (C=O) groups is 2. The van der Waals surface area contributed by atoms with Crippen molar-refractivity contribution >= 4 is 17.6 Å². The third-order valence-electron chi connectivity index (χ3n) is 8.31. The number of nitrogens with one attached hydrogen (secondary N) is 3. The van der Waals surface area contributed by atoms with Gasteiger partial charge in [-0.15, -0.1) is 0 Å². The second-order valence-electron chi connectivity index (χ2n) is 11.4. The highest BCUT2D eigenvalue weighted by Gasteiger charge is 2.38. The molecule has 5 rings (SSSR count). The summed E-state index contributed by atoms with van der Waals surface area (Å²) in [5, 5.41) is 9.40. The number of ether oxygens (including phenoxy) is 1. The van der Waals surface area contributed by atoms with Crippen molar-refractivity contribution < 1.29 is 14.3 Å². The summed E-state index contributed by atoms with van der Waals surface area (Å²) in [6, 6.07) is 8.05. The Morgan fingerprint density at radius 2 is 2.03 bits per heavy atom. The van der Waals surface area contributed by atoms with E-state index in [0.717, 1.165) is 66.4 Å². The van der Waals surface area contributed by atoms with Gasteiger partial charge in [0, 0.05) is 68.1 Å². The van der Waals surface area contributed by atoms with E-state index < -0.39 is 5.60 Å². The number of hydrogen-bond acceptors (Lipinski definition) is 6. The summed E-state index contributed by atoms with van der Waals surface area (Å²) in [6.45, 7) is 16.3. The number of piperazine rings is 1. The molecule has 4 atom stereocenters. The van der Waals surface area contributed by atoms with Crippen LogP contribution in [0.4, 0.5) is 5.82 Å². The van der Waals surface area contributed by atoms with Gasteiger partial charge in [-0.1, -0.05) is 13.5 Å². The lowest BCUT2D eigenvalue weighted by Crippen LogP contribution is -2.50. The molecule has 2 aromatic rings. The Morgan fingerprint density at radius 1 is 1.26 bits per heavy atom. The van der Waals surface area contributed by atoms with E-state index in [2.05, 4.69) is 40.4 Å². The topological polar surface area (TPSA) is 95.6 Å². The fraction of sp³-hybridized carbons (Fsp3) is 0.500. The first-order valence-electron chi connectivity index (χ1n) is 13.7. The molecule has 0 bridgehead atoms. The number of amides is 2. The summed E-state index contributed by atoms with van der Waals surface area (Å²) in [5.41, 5.74) is 3.67. The maximum Gasteiger partial charge on any atom is 0.251 e.